The average molecular weight is 379 g/mol. The summed E-state index contributed by atoms with van der Waals surface area (Å²) >= 11 is 0. The molecule has 0 atom stereocenters. The number of carbonyl (C=O) groups is 1. The monoisotopic (exact) mass is 379 g/mol. The van der Waals surface area contributed by atoms with Crippen molar-refractivity contribution in [3.05, 3.63) is 46.6 Å². The molecule has 2 heterocycles. The molecule has 1 fully saturated rings. The Morgan fingerprint density at radius 3 is 2.54 bits per heavy atom. The lowest BCUT2D eigenvalue weighted by Crippen LogP contribution is -2.28. The Bertz CT molecular complexity index is 922. The first-order valence-electron chi connectivity index (χ1n) is 7.95. The van der Waals surface area contributed by atoms with Gasteiger partial charge in [0, 0.05) is 25.2 Å². The SMILES string of the molecule is O=C1CCCN1c1ccc(S(=O)(=O)NCCn2ccc([N+](=O)[O-])n2)cc1. The van der Waals surface area contributed by atoms with Crippen LogP contribution in [0, 0.1) is 10.1 Å². The molecular formula is C15H17N5O5S. The van der Waals surface area contributed by atoms with Gasteiger partial charge in [0.1, 0.15) is 0 Å². The second-order valence-corrected chi connectivity index (χ2v) is 7.50. The van der Waals surface area contributed by atoms with Gasteiger partial charge in [0.15, 0.2) is 0 Å². The Morgan fingerprint density at radius 1 is 1.23 bits per heavy atom. The molecule has 1 amide bonds. The molecular weight excluding hydrogens is 362 g/mol. The molecule has 0 bridgehead atoms. The fourth-order valence-electron chi connectivity index (χ4n) is 2.68. The summed E-state index contributed by atoms with van der Waals surface area (Å²) in [5.74, 6) is -0.257. The van der Waals surface area contributed by atoms with Crippen LogP contribution in [0.2, 0.25) is 0 Å². The zero-order valence-electron chi connectivity index (χ0n) is 13.7. The van der Waals surface area contributed by atoms with E-state index >= 15 is 0 Å². The van der Waals surface area contributed by atoms with E-state index in [2.05, 4.69) is 9.82 Å². The van der Waals surface area contributed by atoms with Gasteiger partial charge >= 0.3 is 5.82 Å². The number of carbonyl (C=O) groups excluding carboxylic acids is 1. The van der Waals surface area contributed by atoms with E-state index in [1.165, 1.54) is 29.1 Å². The molecule has 1 aromatic heterocycles. The van der Waals surface area contributed by atoms with Gasteiger partial charge in [0.25, 0.3) is 0 Å². The van der Waals surface area contributed by atoms with Gasteiger partial charge in [-0.15, -0.1) is 0 Å². The molecule has 1 N–H and O–H groups in total. The van der Waals surface area contributed by atoms with E-state index in [1.807, 2.05) is 0 Å². The van der Waals surface area contributed by atoms with Crippen molar-refractivity contribution in [2.45, 2.75) is 24.3 Å². The highest BCUT2D eigenvalue weighted by molar-refractivity contribution is 7.89. The van der Waals surface area contributed by atoms with Crippen molar-refractivity contribution in [3.8, 4) is 0 Å². The molecule has 0 saturated carbocycles. The Morgan fingerprint density at radius 2 is 1.96 bits per heavy atom. The molecule has 10 nitrogen and oxygen atoms in total. The number of hydrogen-bond donors (Lipinski definition) is 1. The van der Waals surface area contributed by atoms with Crippen molar-refractivity contribution < 1.29 is 18.1 Å². The third-order valence-electron chi connectivity index (χ3n) is 3.98. The predicted octanol–water partition coefficient (Wildman–Crippen LogP) is 0.897. The lowest BCUT2D eigenvalue weighted by molar-refractivity contribution is -0.389. The number of benzene rings is 1. The first-order chi connectivity index (χ1) is 12.4. The van der Waals surface area contributed by atoms with Gasteiger partial charge in [-0.1, -0.05) is 0 Å². The van der Waals surface area contributed by atoms with Gasteiger partial charge in [0.2, 0.25) is 15.9 Å². The topological polar surface area (TPSA) is 127 Å². The number of sulfonamides is 1. The van der Waals surface area contributed by atoms with Crippen molar-refractivity contribution in [3.63, 3.8) is 0 Å². The highest BCUT2D eigenvalue weighted by Gasteiger charge is 2.22. The number of nitrogens with one attached hydrogen (secondary N) is 1. The molecule has 26 heavy (non-hydrogen) atoms. The molecule has 3 rings (SSSR count). The van der Waals surface area contributed by atoms with Crippen LogP contribution in [-0.2, 0) is 21.4 Å². The summed E-state index contributed by atoms with van der Waals surface area (Å²) in [7, 11) is -3.72. The first-order valence-corrected chi connectivity index (χ1v) is 9.43. The summed E-state index contributed by atoms with van der Waals surface area (Å²) in [5, 5.41) is 14.3. The molecule has 0 radical (unpaired) electrons. The zero-order valence-corrected chi connectivity index (χ0v) is 14.6. The van der Waals surface area contributed by atoms with Crippen molar-refractivity contribution in [2.75, 3.05) is 18.0 Å². The van der Waals surface area contributed by atoms with Crippen LogP contribution in [0.1, 0.15) is 12.8 Å². The van der Waals surface area contributed by atoms with Gasteiger partial charge in [0.05, 0.1) is 28.8 Å². The number of hydrogen-bond acceptors (Lipinski definition) is 6. The number of rotatable bonds is 7. The Kier molecular flexibility index (Phi) is 5.00. The van der Waals surface area contributed by atoms with Crippen LogP contribution in [0.25, 0.3) is 0 Å². The largest absolute Gasteiger partial charge is 0.389 e. The summed E-state index contributed by atoms with van der Waals surface area (Å²) in [4.78, 5) is 23.4. The molecule has 1 saturated heterocycles. The molecule has 138 valence electrons. The van der Waals surface area contributed by atoms with Crippen LogP contribution in [-0.4, -0.2) is 42.1 Å². The van der Waals surface area contributed by atoms with E-state index < -0.39 is 14.9 Å². The van der Waals surface area contributed by atoms with Crippen LogP contribution in [0.5, 0.6) is 0 Å². The molecule has 2 aromatic rings. The van der Waals surface area contributed by atoms with Crippen LogP contribution >= 0.6 is 0 Å². The number of anilines is 1. The molecule has 1 aliphatic heterocycles. The third kappa shape index (κ3) is 3.89. The van der Waals surface area contributed by atoms with Crippen molar-refractivity contribution >= 4 is 27.4 Å². The highest BCUT2D eigenvalue weighted by atomic mass is 32.2. The van der Waals surface area contributed by atoms with E-state index in [0.29, 0.717) is 18.7 Å². The van der Waals surface area contributed by atoms with Crippen LogP contribution in [0.3, 0.4) is 0 Å². The van der Waals surface area contributed by atoms with E-state index in [0.717, 1.165) is 6.42 Å². The summed E-state index contributed by atoms with van der Waals surface area (Å²) in [6.07, 6.45) is 2.72. The molecule has 1 aliphatic rings. The summed E-state index contributed by atoms with van der Waals surface area (Å²) in [6, 6.07) is 7.35. The third-order valence-corrected chi connectivity index (χ3v) is 5.46. The number of nitrogens with zero attached hydrogens (tertiary/aromatic N) is 4. The standard InChI is InChI=1S/C15H17N5O5S/c21-15-2-1-9-19(15)12-3-5-13(6-4-12)26(24,25)16-8-11-18-10-7-14(17-18)20(22)23/h3-7,10,16H,1-2,8-9,11H2. The maximum Gasteiger partial charge on any atom is 0.389 e. The summed E-state index contributed by atoms with van der Waals surface area (Å²) < 4.78 is 28.3. The van der Waals surface area contributed by atoms with Gasteiger partial charge in [-0.3, -0.25) is 4.79 Å². The maximum absolute atomic E-state index is 12.3. The molecule has 11 heteroatoms. The lowest BCUT2D eigenvalue weighted by atomic mass is 10.3. The smallest absolute Gasteiger partial charge is 0.358 e. The van der Waals surface area contributed by atoms with Crippen molar-refractivity contribution in [1.82, 2.24) is 14.5 Å². The number of nitro groups is 1. The van der Waals surface area contributed by atoms with E-state index in [9.17, 15) is 23.3 Å². The van der Waals surface area contributed by atoms with E-state index in [1.54, 1.807) is 17.0 Å². The predicted molar refractivity (Wildman–Crippen MR) is 92.1 cm³/mol. The minimum atomic E-state index is -3.72. The summed E-state index contributed by atoms with van der Waals surface area (Å²) in [6.45, 7) is 0.833. The maximum atomic E-state index is 12.3. The minimum Gasteiger partial charge on any atom is -0.358 e. The van der Waals surface area contributed by atoms with Crippen LogP contribution in [0.4, 0.5) is 11.5 Å². The minimum absolute atomic E-state index is 0.0343. The average Bonchev–Trinajstić information content (AvgIpc) is 3.24. The Balaban J connectivity index is 1.60. The Hall–Kier alpha value is -2.79. The van der Waals surface area contributed by atoms with Crippen LogP contribution < -0.4 is 9.62 Å². The quantitative estimate of drug-likeness (QED) is 0.562. The lowest BCUT2D eigenvalue weighted by Gasteiger charge is -2.16. The highest BCUT2D eigenvalue weighted by Crippen LogP contribution is 2.22. The number of aromatic nitrogens is 2. The van der Waals surface area contributed by atoms with Crippen molar-refractivity contribution in [1.29, 1.82) is 0 Å². The summed E-state index contributed by atoms with van der Waals surface area (Å²) in [5.41, 5.74) is 0.676. The van der Waals surface area contributed by atoms with Gasteiger partial charge in [-0.2, -0.15) is 4.68 Å². The Labute approximate surface area is 149 Å². The fourth-order valence-corrected chi connectivity index (χ4v) is 3.70. The zero-order chi connectivity index (χ0) is 18.7. The second-order valence-electron chi connectivity index (χ2n) is 5.73. The number of amides is 1. The van der Waals surface area contributed by atoms with E-state index in [4.69, 9.17) is 0 Å². The van der Waals surface area contributed by atoms with E-state index in [-0.39, 0.29) is 29.7 Å². The molecule has 1 aromatic carbocycles. The molecule has 0 unspecified atom stereocenters. The molecule has 0 aliphatic carbocycles. The molecule has 0 spiro atoms. The fraction of sp³-hybridized carbons (Fsp3) is 0.333. The van der Waals surface area contributed by atoms with Gasteiger partial charge in [-0.05, 0) is 35.6 Å². The van der Waals surface area contributed by atoms with Crippen molar-refractivity contribution in [2.24, 2.45) is 0 Å². The second kappa shape index (κ2) is 7.22. The van der Waals surface area contributed by atoms with Crippen LogP contribution in [0.15, 0.2) is 41.4 Å². The normalized spacial score (nSPS) is 14.8. The van der Waals surface area contributed by atoms with Gasteiger partial charge in [-0.25, -0.2) is 13.1 Å². The first kappa shape index (κ1) is 18.0. The van der Waals surface area contributed by atoms with Gasteiger partial charge < -0.3 is 15.0 Å².